The highest BCUT2D eigenvalue weighted by Gasteiger charge is 2.27. The van der Waals surface area contributed by atoms with Crippen molar-refractivity contribution in [3.63, 3.8) is 0 Å². The predicted octanol–water partition coefficient (Wildman–Crippen LogP) is 3.99. The highest BCUT2D eigenvalue weighted by Crippen LogP contribution is 2.35. The second kappa shape index (κ2) is 6.87. The first-order chi connectivity index (χ1) is 12.7. The molecule has 1 fully saturated rings. The van der Waals surface area contributed by atoms with Crippen LogP contribution < -0.4 is 10.1 Å². The van der Waals surface area contributed by atoms with Crippen molar-refractivity contribution >= 4 is 16.8 Å². The number of nitrogens with one attached hydrogen (secondary N) is 1. The summed E-state index contributed by atoms with van der Waals surface area (Å²) in [4.78, 5) is 12.6. The number of carbonyl (C=O) groups excluding carboxylic acids is 1. The van der Waals surface area contributed by atoms with Gasteiger partial charge in [0.25, 0.3) is 0 Å². The van der Waals surface area contributed by atoms with Gasteiger partial charge in [0.1, 0.15) is 5.75 Å². The highest BCUT2D eigenvalue weighted by molar-refractivity contribution is 5.86. The molecule has 4 rings (SSSR count). The number of ether oxygens (including phenoxy) is 1. The zero-order chi connectivity index (χ0) is 18.1. The number of rotatable bonds is 6. The number of methoxy groups -OCH3 is 1. The smallest absolute Gasteiger partial charge is 0.221 e. The number of para-hydroxylation sites is 1. The van der Waals surface area contributed by atoms with E-state index in [1.807, 2.05) is 18.2 Å². The molecule has 1 aliphatic rings. The summed E-state index contributed by atoms with van der Waals surface area (Å²) in [6.07, 6.45) is 4.82. The van der Waals surface area contributed by atoms with E-state index in [-0.39, 0.29) is 11.8 Å². The molecule has 1 amide bonds. The maximum atomic E-state index is 12.6. The largest absolute Gasteiger partial charge is 0.497 e. The van der Waals surface area contributed by atoms with Gasteiger partial charge in [0, 0.05) is 42.5 Å². The lowest BCUT2D eigenvalue weighted by Crippen LogP contribution is -2.27. The zero-order valence-electron chi connectivity index (χ0n) is 15.2. The minimum absolute atomic E-state index is 0.0192. The van der Waals surface area contributed by atoms with Crippen molar-refractivity contribution < 1.29 is 9.53 Å². The third-order valence-corrected chi connectivity index (χ3v) is 5.15. The van der Waals surface area contributed by atoms with Crippen molar-refractivity contribution in [3.8, 4) is 5.75 Å². The van der Waals surface area contributed by atoms with Crippen molar-refractivity contribution in [2.24, 2.45) is 7.05 Å². The van der Waals surface area contributed by atoms with Gasteiger partial charge in [-0.05, 0) is 42.2 Å². The van der Waals surface area contributed by atoms with Gasteiger partial charge in [-0.15, -0.1) is 0 Å². The fraction of sp³-hybridized carbons (Fsp3) is 0.318. The van der Waals surface area contributed by atoms with E-state index in [1.54, 1.807) is 7.11 Å². The lowest BCUT2D eigenvalue weighted by Gasteiger charge is -2.17. The van der Waals surface area contributed by atoms with Gasteiger partial charge >= 0.3 is 0 Å². The third-order valence-electron chi connectivity index (χ3n) is 5.15. The number of hydrogen-bond acceptors (Lipinski definition) is 2. The summed E-state index contributed by atoms with van der Waals surface area (Å²) < 4.78 is 7.43. The Morgan fingerprint density at radius 3 is 2.62 bits per heavy atom. The summed E-state index contributed by atoms with van der Waals surface area (Å²) in [5.41, 5.74) is 3.51. The summed E-state index contributed by atoms with van der Waals surface area (Å²) in [6.45, 7) is 0. The molecule has 1 saturated carbocycles. The summed E-state index contributed by atoms with van der Waals surface area (Å²) in [7, 11) is 3.72. The molecule has 26 heavy (non-hydrogen) atoms. The molecule has 134 valence electrons. The van der Waals surface area contributed by atoms with Crippen LogP contribution in [0, 0.1) is 0 Å². The summed E-state index contributed by atoms with van der Waals surface area (Å²) in [6, 6.07) is 16.8. The monoisotopic (exact) mass is 348 g/mol. The average Bonchev–Trinajstić information content (AvgIpc) is 3.42. The molecule has 1 aliphatic carbocycles. The molecule has 0 saturated heterocycles. The SMILES string of the molecule is COc1ccc([C@H](CC(=O)NC2CC2)c2cn(C)c3ccccc23)cc1. The molecule has 0 spiro atoms. The van der Waals surface area contributed by atoms with E-state index in [2.05, 4.69) is 53.5 Å². The molecule has 1 atom stereocenters. The van der Waals surface area contributed by atoms with Gasteiger partial charge in [-0.3, -0.25) is 4.79 Å². The second-order valence-corrected chi connectivity index (χ2v) is 7.08. The Morgan fingerprint density at radius 1 is 1.19 bits per heavy atom. The molecule has 4 heteroatoms. The Morgan fingerprint density at radius 2 is 1.92 bits per heavy atom. The third kappa shape index (κ3) is 3.32. The minimum Gasteiger partial charge on any atom is -0.497 e. The first kappa shape index (κ1) is 16.7. The molecular formula is C22H24N2O2. The van der Waals surface area contributed by atoms with Crippen LogP contribution in [0.2, 0.25) is 0 Å². The van der Waals surface area contributed by atoms with Gasteiger partial charge in [-0.25, -0.2) is 0 Å². The van der Waals surface area contributed by atoms with Crippen LogP contribution in [0.3, 0.4) is 0 Å². The number of amides is 1. The lowest BCUT2D eigenvalue weighted by atomic mass is 9.88. The van der Waals surface area contributed by atoms with E-state index < -0.39 is 0 Å². The summed E-state index contributed by atoms with van der Waals surface area (Å²) in [5.74, 6) is 0.972. The number of aromatic nitrogens is 1. The maximum absolute atomic E-state index is 12.6. The average molecular weight is 348 g/mol. The molecule has 4 nitrogen and oxygen atoms in total. The van der Waals surface area contributed by atoms with Gasteiger partial charge in [0.15, 0.2) is 0 Å². The number of nitrogens with zero attached hydrogens (tertiary/aromatic N) is 1. The number of carbonyl (C=O) groups is 1. The quantitative estimate of drug-likeness (QED) is 0.732. The lowest BCUT2D eigenvalue weighted by molar-refractivity contribution is -0.121. The molecule has 3 aromatic rings. The van der Waals surface area contributed by atoms with E-state index in [4.69, 9.17) is 4.74 Å². The number of aryl methyl sites for hydroxylation is 1. The van der Waals surface area contributed by atoms with E-state index in [1.165, 1.54) is 16.5 Å². The molecule has 1 aromatic heterocycles. The Labute approximate surface area is 153 Å². The Balaban J connectivity index is 1.73. The van der Waals surface area contributed by atoms with Crippen LogP contribution in [-0.2, 0) is 11.8 Å². The van der Waals surface area contributed by atoms with Crippen molar-refractivity contribution in [2.75, 3.05) is 7.11 Å². The first-order valence-electron chi connectivity index (χ1n) is 9.13. The number of fused-ring (bicyclic) bond motifs is 1. The van der Waals surface area contributed by atoms with E-state index in [0.717, 1.165) is 24.2 Å². The van der Waals surface area contributed by atoms with Gasteiger partial charge in [0.05, 0.1) is 7.11 Å². The van der Waals surface area contributed by atoms with Crippen molar-refractivity contribution in [1.82, 2.24) is 9.88 Å². The summed E-state index contributed by atoms with van der Waals surface area (Å²) >= 11 is 0. The standard InChI is InChI=1S/C22H24N2O2/c1-24-14-20(18-5-3-4-6-21(18)24)19(13-22(25)23-16-9-10-16)15-7-11-17(26-2)12-8-15/h3-8,11-12,14,16,19H,9-10,13H2,1-2H3,(H,23,25)/t19-/m0/s1. The molecule has 1 heterocycles. The second-order valence-electron chi connectivity index (χ2n) is 7.08. The number of hydrogen-bond donors (Lipinski definition) is 1. The Hall–Kier alpha value is -2.75. The number of benzene rings is 2. The van der Waals surface area contributed by atoms with Crippen molar-refractivity contribution in [2.45, 2.75) is 31.2 Å². The topological polar surface area (TPSA) is 43.3 Å². The first-order valence-corrected chi connectivity index (χ1v) is 9.13. The normalized spacial score (nSPS) is 15.0. The van der Waals surface area contributed by atoms with E-state index >= 15 is 0 Å². The molecule has 0 unspecified atom stereocenters. The Bertz CT molecular complexity index is 923. The van der Waals surface area contributed by atoms with Crippen LogP contribution in [0.1, 0.15) is 36.3 Å². The van der Waals surface area contributed by atoms with Crippen LogP contribution >= 0.6 is 0 Å². The van der Waals surface area contributed by atoms with Crippen molar-refractivity contribution in [3.05, 3.63) is 65.9 Å². The van der Waals surface area contributed by atoms with Gasteiger partial charge in [-0.1, -0.05) is 30.3 Å². The van der Waals surface area contributed by atoms with Crippen molar-refractivity contribution in [1.29, 1.82) is 0 Å². The van der Waals surface area contributed by atoms with Gasteiger partial charge in [-0.2, -0.15) is 0 Å². The van der Waals surface area contributed by atoms with Crippen LogP contribution in [0.5, 0.6) is 5.75 Å². The Kier molecular flexibility index (Phi) is 4.41. The fourth-order valence-corrected chi connectivity index (χ4v) is 3.59. The van der Waals surface area contributed by atoms with Crippen LogP contribution in [-0.4, -0.2) is 23.6 Å². The minimum atomic E-state index is 0.0192. The van der Waals surface area contributed by atoms with Crippen LogP contribution in [0.4, 0.5) is 0 Å². The predicted molar refractivity (Wildman–Crippen MR) is 104 cm³/mol. The fourth-order valence-electron chi connectivity index (χ4n) is 3.59. The van der Waals surface area contributed by atoms with Gasteiger partial charge < -0.3 is 14.6 Å². The van der Waals surface area contributed by atoms with E-state index in [9.17, 15) is 4.79 Å². The molecule has 2 aromatic carbocycles. The molecule has 0 bridgehead atoms. The molecule has 0 aliphatic heterocycles. The summed E-state index contributed by atoms with van der Waals surface area (Å²) in [5, 5.41) is 4.33. The maximum Gasteiger partial charge on any atom is 0.221 e. The molecule has 1 N–H and O–H groups in total. The van der Waals surface area contributed by atoms with Gasteiger partial charge in [0.2, 0.25) is 5.91 Å². The van der Waals surface area contributed by atoms with Crippen LogP contribution in [0.25, 0.3) is 10.9 Å². The molecular weight excluding hydrogens is 324 g/mol. The highest BCUT2D eigenvalue weighted by atomic mass is 16.5. The van der Waals surface area contributed by atoms with E-state index in [0.29, 0.717) is 12.5 Å². The zero-order valence-corrected chi connectivity index (χ0v) is 15.2. The molecule has 0 radical (unpaired) electrons. The van der Waals surface area contributed by atoms with Crippen LogP contribution in [0.15, 0.2) is 54.7 Å².